The predicted octanol–water partition coefficient (Wildman–Crippen LogP) is 1.67. The van der Waals surface area contributed by atoms with Gasteiger partial charge in [-0.3, -0.25) is 0 Å². The van der Waals surface area contributed by atoms with E-state index in [0.29, 0.717) is 0 Å². The Morgan fingerprint density at radius 1 is 1.27 bits per heavy atom. The van der Waals surface area contributed by atoms with Gasteiger partial charge in [0.1, 0.15) is 0 Å². The zero-order chi connectivity index (χ0) is 10.9. The highest BCUT2D eigenvalue weighted by Crippen LogP contribution is 2.09. The molecule has 0 aromatic heterocycles. The van der Waals surface area contributed by atoms with E-state index in [0.717, 1.165) is 31.7 Å². The first-order chi connectivity index (χ1) is 7.36. The molecule has 0 fully saturated rings. The zero-order valence-electron chi connectivity index (χ0n) is 9.20. The number of aliphatic hydroxyl groups is 1. The topological polar surface area (TPSA) is 41.5 Å². The molecule has 0 unspecified atom stereocenters. The summed E-state index contributed by atoms with van der Waals surface area (Å²) in [6.45, 7) is 1.92. The first kappa shape index (κ1) is 12.0. The molecule has 3 nitrogen and oxygen atoms in total. The lowest BCUT2D eigenvalue weighted by atomic mass is 10.1. The minimum Gasteiger partial charge on any atom is -0.396 e. The third-order valence-electron chi connectivity index (χ3n) is 2.21. The number of hydrogen-bond acceptors (Lipinski definition) is 3. The van der Waals surface area contributed by atoms with Gasteiger partial charge in [0.15, 0.2) is 0 Å². The number of ether oxygens (including phenoxy) is 1. The van der Waals surface area contributed by atoms with Crippen LogP contribution in [0.2, 0.25) is 0 Å². The van der Waals surface area contributed by atoms with E-state index in [2.05, 4.69) is 5.32 Å². The van der Waals surface area contributed by atoms with Crippen molar-refractivity contribution in [1.82, 2.24) is 0 Å². The second-order valence-corrected chi connectivity index (χ2v) is 3.44. The van der Waals surface area contributed by atoms with Crippen molar-refractivity contribution in [2.24, 2.45) is 0 Å². The number of rotatable bonds is 7. The van der Waals surface area contributed by atoms with Gasteiger partial charge in [0.25, 0.3) is 0 Å². The molecule has 0 spiro atoms. The van der Waals surface area contributed by atoms with Crippen molar-refractivity contribution < 1.29 is 9.84 Å². The Morgan fingerprint density at radius 2 is 2.00 bits per heavy atom. The molecule has 0 saturated heterocycles. The fourth-order valence-electron chi connectivity index (χ4n) is 1.37. The van der Waals surface area contributed by atoms with E-state index in [1.807, 2.05) is 24.3 Å². The van der Waals surface area contributed by atoms with Crippen LogP contribution in [0.5, 0.6) is 0 Å². The lowest BCUT2D eigenvalue weighted by molar-refractivity contribution is 0.198. The summed E-state index contributed by atoms with van der Waals surface area (Å²) in [5.41, 5.74) is 2.28. The molecule has 0 bridgehead atoms. The summed E-state index contributed by atoms with van der Waals surface area (Å²) >= 11 is 0. The molecule has 1 rings (SSSR count). The minimum atomic E-state index is 0.209. The van der Waals surface area contributed by atoms with Crippen LogP contribution in [-0.4, -0.2) is 32.0 Å². The smallest absolute Gasteiger partial charge is 0.0479 e. The molecule has 0 aliphatic carbocycles. The molecule has 2 N–H and O–H groups in total. The highest BCUT2D eigenvalue weighted by Gasteiger charge is 1.93. The van der Waals surface area contributed by atoms with Crippen LogP contribution in [0.25, 0.3) is 0 Å². The molecular weight excluding hydrogens is 190 g/mol. The number of anilines is 1. The Balaban J connectivity index is 2.29. The first-order valence-corrected chi connectivity index (χ1v) is 5.29. The Labute approximate surface area is 91.1 Å². The number of hydrogen-bond donors (Lipinski definition) is 2. The molecule has 15 heavy (non-hydrogen) atoms. The molecule has 0 amide bonds. The average molecular weight is 209 g/mol. The van der Waals surface area contributed by atoms with Gasteiger partial charge in [-0.1, -0.05) is 12.1 Å². The van der Waals surface area contributed by atoms with E-state index in [1.165, 1.54) is 5.56 Å². The van der Waals surface area contributed by atoms with Crippen LogP contribution in [0.1, 0.15) is 12.0 Å². The molecule has 0 heterocycles. The monoisotopic (exact) mass is 209 g/mol. The Kier molecular flexibility index (Phi) is 5.81. The van der Waals surface area contributed by atoms with Crippen LogP contribution in [-0.2, 0) is 11.2 Å². The van der Waals surface area contributed by atoms with Gasteiger partial charge in [0, 0.05) is 32.6 Å². The van der Waals surface area contributed by atoms with E-state index in [-0.39, 0.29) is 6.61 Å². The van der Waals surface area contributed by atoms with Gasteiger partial charge in [-0.2, -0.15) is 0 Å². The lowest BCUT2D eigenvalue weighted by Crippen LogP contribution is -2.04. The maximum atomic E-state index is 8.76. The summed E-state index contributed by atoms with van der Waals surface area (Å²) in [5, 5.41) is 12.1. The van der Waals surface area contributed by atoms with Gasteiger partial charge in [-0.15, -0.1) is 0 Å². The normalized spacial score (nSPS) is 10.3. The van der Waals surface area contributed by atoms with Crippen LogP contribution in [0.15, 0.2) is 24.3 Å². The van der Waals surface area contributed by atoms with Gasteiger partial charge >= 0.3 is 0 Å². The van der Waals surface area contributed by atoms with Crippen molar-refractivity contribution in [2.45, 2.75) is 12.8 Å². The van der Waals surface area contributed by atoms with E-state index in [4.69, 9.17) is 9.84 Å². The Bertz CT molecular complexity index is 259. The van der Waals surface area contributed by atoms with Gasteiger partial charge in [0.2, 0.25) is 0 Å². The van der Waals surface area contributed by atoms with Gasteiger partial charge < -0.3 is 15.2 Å². The van der Waals surface area contributed by atoms with Crippen LogP contribution in [0.4, 0.5) is 5.69 Å². The summed E-state index contributed by atoms with van der Waals surface area (Å²) in [5.74, 6) is 0. The summed E-state index contributed by atoms with van der Waals surface area (Å²) in [4.78, 5) is 0. The van der Waals surface area contributed by atoms with Gasteiger partial charge in [0.05, 0.1) is 0 Å². The molecule has 0 saturated carbocycles. The standard InChI is InChI=1S/C12H19NO2/c1-15-10-2-8-13-12-5-3-11(4-6-12)7-9-14/h3-6,13-14H,2,7-10H2,1H3. The minimum absolute atomic E-state index is 0.209. The summed E-state index contributed by atoms with van der Waals surface area (Å²) < 4.78 is 4.96. The third-order valence-corrected chi connectivity index (χ3v) is 2.21. The number of nitrogens with one attached hydrogen (secondary N) is 1. The van der Waals surface area contributed by atoms with Gasteiger partial charge in [-0.05, 0) is 30.5 Å². The van der Waals surface area contributed by atoms with E-state index < -0.39 is 0 Å². The predicted molar refractivity (Wildman–Crippen MR) is 62.2 cm³/mol. The maximum Gasteiger partial charge on any atom is 0.0479 e. The maximum absolute atomic E-state index is 8.76. The van der Waals surface area contributed by atoms with Crippen LogP contribution < -0.4 is 5.32 Å². The number of aliphatic hydroxyl groups excluding tert-OH is 1. The van der Waals surface area contributed by atoms with Crippen LogP contribution in [0, 0.1) is 0 Å². The van der Waals surface area contributed by atoms with Crippen molar-refractivity contribution in [3.63, 3.8) is 0 Å². The average Bonchev–Trinajstić information content (AvgIpc) is 2.27. The third kappa shape index (κ3) is 4.81. The van der Waals surface area contributed by atoms with Crippen molar-refractivity contribution in [3.8, 4) is 0 Å². The van der Waals surface area contributed by atoms with Crippen LogP contribution in [0.3, 0.4) is 0 Å². The van der Waals surface area contributed by atoms with E-state index >= 15 is 0 Å². The summed E-state index contributed by atoms with van der Waals surface area (Å²) in [6, 6.07) is 8.15. The highest BCUT2D eigenvalue weighted by atomic mass is 16.5. The van der Waals surface area contributed by atoms with Crippen molar-refractivity contribution >= 4 is 5.69 Å². The molecule has 1 aromatic rings. The summed E-state index contributed by atoms with van der Waals surface area (Å²) in [6.07, 6.45) is 1.73. The SMILES string of the molecule is COCCCNc1ccc(CCO)cc1. The Morgan fingerprint density at radius 3 is 2.60 bits per heavy atom. The second kappa shape index (κ2) is 7.26. The molecule has 3 heteroatoms. The van der Waals surface area contributed by atoms with Crippen molar-refractivity contribution in [2.75, 3.05) is 32.2 Å². The highest BCUT2D eigenvalue weighted by molar-refractivity contribution is 5.44. The quantitative estimate of drug-likeness (QED) is 0.671. The molecule has 0 radical (unpaired) electrons. The lowest BCUT2D eigenvalue weighted by Gasteiger charge is -2.06. The fraction of sp³-hybridized carbons (Fsp3) is 0.500. The molecular formula is C12H19NO2. The largest absolute Gasteiger partial charge is 0.396 e. The van der Waals surface area contributed by atoms with E-state index in [9.17, 15) is 0 Å². The Hall–Kier alpha value is -1.06. The number of benzene rings is 1. The van der Waals surface area contributed by atoms with Gasteiger partial charge in [-0.25, -0.2) is 0 Å². The first-order valence-electron chi connectivity index (χ1n) is 5.29. The van der Waals surface area contributed by atoms with Crippen molar-refractivity contribution in [1.29, 1.82) is 0 Å². The fourth-order valence-corrected chi connectivity index (χ4v) is 1.37. The molecule has 1 aromatic carbocycles. The van der Waals surface area contributed by atoms with E-state index in [1.54, 1.807) is 7.11 Å². The molecule has 84 valence electrons. The molecule has 0 aliphatic heterocycles. The summed E-state index contributed by atoms with van der Waals surface area (Å²) in [7, 11) is 1.71. The second-order valence-electron chi connectivity index (χ2n) is 3.44. The van der Waals surface area contributed by atoms with Crippen molar-refractivity contribution in [3.05, 3.63) is 29.8 Å². The molecule has 0 atom stereocenters. The van der Waals surface area contributed by atoms with Crippen LogP contribution >= 0.6 is 0 Å². The molecule has 0 aliphatic rings. The number of methoxy groups -OCH3 is 1. The zero-order valence-corrected chi connectivity index (χ0v) is 9.20.